The summed E-state index contributed by atoms with van der Waals surface area (Å²) in [5.74, 6) is 0.514. The molecular weight excluding hydrogens is 479 g/mol. The average molecular weight is 499 g/mol. The number of aromatic nitrogens is 4. The van der Waals surface area contributed by atoms with Crippen LogP contribution in [-0.4, -0.2) is 33.0 Å². The third-order valence-electron chi connectivity index (χ3n) is 4.93. The highest BCUT2D eigenvalue weighted by Crippen LogP contribution is 2.27. The first-order valence-electron chi connectivity index (χ1n) is 10.2. The van der Waals surface area contributed by atoms with Crippen LogP contribution < -0.4 is 4.74 Å². The van der Waals surface area contributed by atoms with Gasteiger partial charge < -0.3 is 14.0 Å². The summed E-state index contributed by atoms with van der Waals surface area (Å²) in [6, 6.07) is 14.7. The summed E-state index contributed by atoms with van der Waals surface area (Å²) in [6.07, 6.45) is 2.83. The number of hydrogen-bond donors (Lipinski definition) is 0. The number of carbonyl (C=O) groups is 1. The van der Waals surface area contributed by atoms with Crippen LogP contribution in [0.2, 0.25) is 10.2 Å². The van der Waals surface area contributed by atoms with E-state index in [2.05, 4.69) is 15.2 Å². The molecule has 0 aliphatic heterocycles. The second-order valence-corrected chi connectivity index (χ2v) is 7.96. The van der Waals surface area contributed by atoms with Crippen molar-refractivity contribution in [3.8, 4) is 17.1 Å². The van der Waals surface area contributed by atoms with Crippen LogP contribution in [0.15, 0.2) is 59.1 Å². The summed E-state index contributed by atoms with van der Waals surface area (Å²) in [6.45, 7) is 2.03. The lowest BCUT2D eigenvalue weighted by Crippen LogP contribution is -2.02. The van der Waals surface area contributed by atoms with E-state index in [-0.39, 0.29) is 12.5 Å². The van der Waals surface area contributed by atoms with Gasteiger partial charge >= 0.3 is 5.97 Å². The number of para-hydroxylation sites is 1. The third kappa shape index (κ3) is 5.30. The lowest BCUT2D eigenvalue weighted by molar-refractivity contribution is -0.139. The van der Waals surface area contributed by atoms with Crippen molar-refractivity contribution in [1.82, 2.24) is 19.9 Å². The van der Waals surface area contributed by atoms with E-state index in [0.29, 0.717) is 45.1 Å². The average Bonchev–Trinajstić information content (AvgIpc) is 3.42. The fourth-order valence-electron chi connectivity index (χ4n) is 3.23. The van der Waals surface area contributed by atoms with Gasteiger partial charge in [0.2, 0.25) is 5.82 Å². The van der Waals surface area contributed by atoms with Crippen LogP contribution in [0.1, 0.15) is 22.7 Å². The van der Waals surface area contributed by atoms with Crippen LogP contribution in [0, 0.1) is 6.92 Å². The van der Waals surface area contributed by atoms with Crippen LogP contribution in [0.25, 0.3) is 17.5 Å². The van der Waals surface area contributed by atoms with Gasteiger partial charge in [-0.3, -0.25) is 0 Å². The summed E-state index contributed by atoms with van der Waals surface area (Å²) in [5, 5.41) is 9.38. The molecule has 0 spiro atoms. The fourth-order valence-corrected chi connectivity index (χ4v) is 3.73. The molecule has 0 bridgehead atoms. The maximum atomic E-state index is 12.2. The Morgan fingerprint density at radius 1 is 1.15 bits per heavy atom. The molecule has 0 saturated carbocycles. The SMILES string of the molecule is COc1ccccc1-c1noc(COC(=O)/C=C/c2c(C)nn(Cc3ccccc3Cl)c2Cl)n1. The van der Waals surface area contributed by atoms with Gasteiger partial charge in [-0.25, -0.2) is 9.48 Å². The Morgan fingerprint density at radius 3 is 2.71 bits per heavy atom. The molecule has 2 heterocycles. The molecule has 0 atom stereocenters. The second-order valence-electron chi connectivity index (χ2n) is 7.19. The van der Waals surface area contributed by atoms with Crippen molar-refractivity contribution in [2.75, 3.05) is 7.11 Å². The Hall–Kier alpha value is -3.62. The normalized spacial score (nSPS) is 11.2. The van der Waals surface area contributed by atoms with E-state index in [4.69, 9.17) is 37.2 Å². The molecular formula is C24H20Cl2N4O4. The number of hydrogen-bond acceptors (Lipinski definition) is 7. The quantitative estimate of drug-likeness (QED) is 0.238. The molecule has 2 aromatic heterocycles. The molecule has 4 rings (SSSR count). The van der Waals surface area contributed by atoms with Gasteiger partial charge in [-0.1, -0.05) is 58.7 Å². The van der Waals surface area contributed by atoms with Crippen LogP contribution in [0.4, 0.5) is 0 Å². The van der Waals surface area contributed by atoms with E-state index in [9.17, 15) is 4.79 Å². The highest BCUT2D eigenvalue weighted by atomic mass is 35.5. The van der Waals surface area contributed by atoms with Crippen molar-refractivity contribution in [1.29, 1.82) is 0 Å². The van der Waals surface area contributed by atoms with Crippen LogP contribution in [0.5, 0.6) is 5.75 Å². The number of nitrogens with zero attached hydrogens (tertiary/aromatic N) is 4. The highest BCUT2D eigenvalue weighted by Gasteiger charge is 2.15. The molecule has 0 radical (unpaired) electrons. The van der Waals surface area contributed by atoms with Crippen molar-refractivity contribution in [2.24, 2.45) is 0 Å². The van der Waals surface area contributed by atoms with Gasteiger partial charge in [0, 0.05) is 16.7 Å². The summed E-state index contributed by atoms with van der Waals surface area (Å²) < 4.78 is 17.3. The van der Waals surface area contributed by atoms with Crippen molar-refractivity contribution >= 4 is 35.2 Å². The number of esters is 1. The predicted molar refractivity (Wildman–Crippen MR) is 128 cm³/mol. The maximum absolute atomic E-state index is 12.2. The second kappa shape index (κ2) is 10.5. The predicted octanol–water partition coefficient (Wildman–Crippen LogP) is 5.36. The molecule has 174 valence electrons. The zero-order valence-electron chi connectivity index (χ0n) is 18.4. The molecule has 0 N–H and O–H groups in total. The minimum absolute atomic E-state index is 0.157. The highest BCUT2D eigenvalue weighted by molar-refractivity contribution is 6.32. The van der Waals surface area contributed by atoms with Crippen molar-refractivity contribution in [3.05, 3.63) is 87.5 Å². The van der Waals surface area contributed by atoms with Gasteiger partial charge in [-0.2, -0.15) is 10.1 Å². The van der Waals surface area contributed by atoms with Gasteiger partial charge in [0.05, 0.1) is 24.9 Å². The fraction of sp³-hybridized carbons (Fsp3) is 0.167. The number of aryl methyl sites for hydroxylation is 1. The zero-order chi connectivity index (χ0) is 24.1. The summed E-state index contributed by atoms with van der Waals surface area (Å²) >= 11 is 12.7. The van der Waals surface area contributed by atoms with Gasteiger partial charge in [0.1, 0.15) is 10.9 Å². The van der Waals surface area contributed by atoms with Crippen LogP contribution >= 0.6 is 23.2 Å². The number of ether oxygens (including phenoxy) is 2. The van der Waals surface area contributed by atoms with E-state index >= 15 is 0 Å². The first kappa shape index (κ1) is 23.5. The van der Waals surface area contributed by atoms with Crippen molar-refractivity contribution < 1.29 is 18.8 Å². The minimum atomic E-state index is -0.591. The topological polar surface area (TPSA) is 92.3 Å². The monoisotopic (exact) mass is 498 g/mol. The van der Waals surface area contributed by atoms with Crippen LogP contribution in [0.3, 0.4) is 0 Å². The molecule has 4 aromatic rings. The Labute approximate surface area is 205 Å². The lowest BCUT2D eigenvalue weighted by atomic mass is 10.2. The Balaban J connectivity index is 1.39. The smallest absolute Gasteiger partial charge is 0.331 e. The number of carbonyl (C=O) groups excluding carboxylic acids is 1. The molecule has 0 aliphatic carbocycles. The number of halogens is 2. The van der Waals surface area contributed by atoms with Gasteiger partial charge in [0.15, 0.2) is 6.61 Å². The first-order chi connectivity index (χ1) is 16.5. The molecule has 0 aliphatic rings. The van der Waals surface area contributed by atoms with Crippen molar-refractivity contribution in [3.63, 3.8) is 0 Å². The number of benzene rings is 2. The van der Waals surface area contributed by atoms with Crippen molar-refractivity contribution in [2.45, 2.75) is 20.1 Å². The van der Waals surface area contributed by atoms with Crippen LogP contribution in [-0.2, 0) is 22.7 Å². The molecule has 34 heavy (non-hydrogen) atoms. The molecule has 10 heteroatoms. The summed E-state index contributed by atoms with van der Waals surface area (Å²) in [7, 11) is 1.56. The van der Waals surface area contributed by atoms with E-state index in [1.165, 1.54) is 6.08 Å². The van der Waals surface area contributed by atoms with E-state index in [0.717, 1.165) is 5.56 Å². The largest absolute Gasteiger partial charge is 0.496 e. The molecule has 0 unspecified atom stereocenters. The standard InChI is InChI=1S/C24H20Cl2N4O4/c1-15-17(23(26)30(28-15)13-16-7-3-5-9-19(16)25)11-12-22(31)33-14-21-27-24(29-34-21)18-8-4-6-10-20(18)32-2/h3-12H,13-14H2,1-2H3/b12-11+. The van der Waals surface area contributed by atoms with E-state index in [1.54, 1.807) is 43.0 Å². The number of methoxy groups -OCH3 is 1. The Kier molecular flexibility index (Phi) is 7.30. The van der Waals surface area contributed by atoms with Gasteiger partial charge in [-0.15, -0.1) is 0 Å². The van der Waals surface area contributed by atoms with Gasteiger partial charge in [0.25, 0.3) is 5.89 Å². The molecule has 0 fully saturated rings. The first-order valence-corrected chi connectivity index (χ1v) is 11.0. The Morgan fingerprint density at radius 2 is 1.91 bits per heavy atom. The summed E-state index contributed by atoms with van der Waals surface area (Å²) in [5.41, 5.74) is 2.84. The number of rotatable bonds is 8. The summed E-state index contributed by atoms with van der Waals surface area (Å²) in [4.78, 5) is 16.5. The molecule has 0 amide bonds. The minimum Gasteiger partial charge on any atom is -0.496 e. The molecule has 8 nitrogen and oxygen atoms in total. The molecule has 0 saturated heterocycles. The lowest BCUT2D eigenvalue weighted by Gasteiger charge is -2.05. The van der Waals surface area contributed by atoms with E-state index in [1.807, 2.05) is 30.3 Å². The third-order valence-corrected chi connectivity index (χ3v) is 5.69. The Bertz CT molecular complexity index is 1350. The van der Waals surface area contributed by atoms with Gasteiger partial charge in [-0.05, 0) is 36.8 Å². The zero-order valence-corrected chi connectivity index (χ0v) is 19.9. The van der Waals surface area contributed by atoms with E-state index < -0.39 is 5.97 Å². The maximum Gasteiger partial charge on any atom is 0.331 e. The molecule has 2 aromatic carbocycles.